The first kappa shape index (κ1) is 17.6. The fraction of sp³-hybridized carbons (Fsp3) is 0.632. The molecule has 4 nitrogen and oxygen atoms in total. The molecule has 1 aromatic carbocycles. The number of nitrogens with zero attached hydrogens (tertiary/aromatic N) is 2. The molecule has 0 spiro atoms. The van der Waals surface area contributed by atoms with Crippen LogP contribution in [0.3, 0.4) is 0 Å². The summed E-state index contributed by atoms with van der Waals surface area (Å²) in [6.45, 7) is 7.07. The molecule has 0 radical (unpaired) electrons. The van der Waals surface area contributed by atoms with Crippen LogP contribution in [0.1, 0.15) is 38.2 Å². The van der Waals surface area contributed by atoms with Gasteiger partial charge >= 0.3 is 6.03 Å². The molecule has 1 atom stereocenters. The lowest BCUT2D eigenvalue weighted by Crippen LogP contribution is -2.51. The molecule has 1 N–H and O–H groups in total. The number of amides is 2. The van der Waals surface area contributed by atoms with Crippen LogP contribution < -0.4 is 5.32 Å². The molecule has 0 aliphatic carbocycles. The van der Waals surface area contributed by atoms with Crippen molar-refractivity contribution in [2.45, 2.75) is 45.2 Å². The summed E-state index contributed by atoms with van der Waals surface area (Å²) in [5.41, 5.74) is 1.30. The molecule has 3 rings (SSSR count). The summed E-state index contributed by atoms with van der Waals surface area (Å²) in [6.07, 6.45) is 4.44. The van der Waals surface area contributed by atoms with Crippen molar-refractivity contribution in [1.29, 1.82) is 0 Å². The van der Waals surface area contributed by atoms with Crippen molar-refractivity contribution in [3.05, 3.63) is 34.9 Å². The van der Waals surface area contributed by atoms with Gasteiger partial charge in [-0.3, -0.25) is 4.90 Å². The number of nitrogens with one attached hydrogen (secondary N) is 1. The molecular formula is C19H28ClN3O. The van der Waals surface area contributed by atoms with Gasteiger partial charge in [0, 0.05) is 43.8 Å². The van der Waals surface area contributed by atoms with Crippen LogP contribution in [0, 0.1) is 5.92 Å². The number of urea groups is 1. The fourth-order valence-electron chi connectivity index (χ4n) is 3.72. The zero-order chi connectivity index (χ0) is 16.9. The van der Waals surface area contributed by atoms with Gasteiger partial charge in [-0.2, -0.15) is 0 Å². The molecule has 2 saturated heterocycles. The van der Waals surface area contributed by atoms with Crippen LogP contribution in [0.15, 0.2) is 24.3 Å². The van der Waals surface area contributed by atoms with Gasteiger partial charge in [0.15, 0.2) is 0 Å². The second kappa shape index (κ2) is 8.21. The Bertz CT molecular complexity index is 540. The molecule has 132 valence electrons. The molecule has 24 heavy (non-hydrogen) atoms. The van der Waals surface area contributed by atoms with Crippen LogP contribution in [-0.4, -0.2) is 48.1 Å². The molecule has 2 heterocycles. The van der Waals surface area contributed by atoms with Gasteiger partial charge in [-0.1, -0.05) is 30.7 Å². The molecule has 2 fully saturated rings. The van der Waals surface area contributed by atoms with E-state index in [2.05, 4.69) is 29.3 Å². The Hall–Kier alpha value is -1.26. The average molecular weight is 350 g/mol. The molecule has 1 aromatic rings. The van der Waals surface area contributed by atoms with E-state index in [-0.39, 0.29) is 6.03 Å². The number of hydrogen-bond acceptors (Lipinski definition) is 2. The minimum atomic E-state index is 0.137. The normalized spacial score (nSPS) is 23.2. The zero-order valence-corrected chi connectivity index (χ0v) is 15.3. The van der Waals surface area contributed by atoms with Gasteiger partial charge in [-0.15, -0.1) is 0 Å². The Morgan fingerprint density at radius 3 is 2.54 bits per heavy atom. The Balaban J connectivity index is 1.41. The van der Waals surface area contributed by atoms with E-state index in [1.54, 1.807) is 0 Å². The van der Waals surface area contributed by atoms with E-state index in [0.717, 1.165) is 57.0 Å². The number of rotatable bonds is 3. The molecule has 0 aromatic heterocycles. The maximum atomic E-state index is 12.4. The van der Waals surface area contributed by atoms with Gasteiger partial charge in [0.05, 0.1) is 0 Å². The first-order valence-electron chi connectivity index (χ1n) is 9.12. The monoisotopic (exact) mass is 349 g/mol. The lowest BCUT2D eigenvalue weighted by atomic mass is 10.0. The van der Waals surface area contributed by atoms with Crippen molar-refractivity contribution < 1.29 is 4.79 Å². The van der Waals surface area contributed by atoms with Crippen molar-refractivity contribution in [2.24, 2.45) is 5.92 Å². The average Bonchev–Trinajstić information content (AvgIpc) is 2.59. The lowest BCUT2D eigenvalue weighted by molar-refractivity contribution is 0.152. The number of benzene rings is 1. The Kier molecular flexibility index (Phi) is 6.01. The van der Waals surface area contributed by atoms with Crippen LogP contribution in [-0.2, 0) is 6.54 Å². The number of piperidine rings is 2. The second-order valence-corrected chi connectivity index (χ2v) is 7.76. The van der Waals surface area contributed by atoms with Crippen molar-refractivity contribution in [2.75, 3.05) is 26.2 Å². The molecule has 2 aliphatic heterocycles. The van der Waals surface area contributed by atoms with Crippen molar-refractivity contribution in [3.63, 3.8) is 0 Å². The summed E-state index contributed by atoms with van der Waals surface area (Å²) in [5.74, 6) is 0.630. The molecule has 0 saturated carbocycles. The van der Waals surface area contributed by atoms with E-state index < -0.39 is 0 Å². The molecule has 5 heteroatoms. The maximum Gasteiger partial charge on any atom is 0.317 e. The summed E-state index contributed by atoms with van der Waals surface area (Å²) in [6, 6.07) is 8.53. The summed E-state index contributed by atoms with van der Waals surface area (Å²) in [5, 5.41) is 4.03. The van der Waals surface area contributed by atoms with Crippen molar-refractivity contribution >= 4 is 17.6 Å². The van der Waals surface area contributed by atoms with Crippen LogP contribution in [0.5, 0.6) is 0 Å². The van der Waals surface area contributed by atoms with Crippen LogP contribution in [0.25, 0.3) is 0 Å². The van der Waals surface area contributed by atoms with Crippen LogP contribution >= 0.6 is 11.6 Å². The highest BCUT2D eigenvalue weighted by Gasteiger charge is 2.25. The summed E-state index contributed by atoms with van der Waals surface area (Å²) < 4.78 is 0. The van der Waals surface area contributed by atoms with E-state index in [1.807, 2.05) is 17.0 Å². The highest BCUT2D eigenvalue weighted by Crippen LogP contribution is 2.18. The Morgan fingerprint density at radius 2 is 1.88 bits per heavy atom. The first-order valence-corrected chi connectivity index (χ1v) is 9.50. The number of likely N-dealkylation sites (tertiary alicyclic amines) is 2. The summed E-state index contributed by atoms with van der Waals surface area (Å²) >= 11 is 5.94. The molecule has 1 unspecified atom stereocenters. The number of halogens is 1. The van der Waals surface area contributed by atoms with E-state index in [1.165, 1.54) is 12.0 Å². The van der Waals surface area contributed by atoms with E-state index >= 15 is 0 Å². The molecule has 2 aliphatic rings. The highest BCUT2D eigenvalue weighted by molar-refractivity contribution is 6.30. The van der Waals surface area contributed by atoms with Gasteiger partial charge in [0.1, 0.15) is 0 Å². The minimum Gasteiger partial charge on any atom is -0.335 e. The predicted molar refractivity (Wildman–Crippen MR) is 98.3 cm³/mol. The second-order valence-electron chi connectivity index (χ2n) is 7.32. The van der Waals surface area contributed by atoms with Gasteiger partial charge in [0.25, 0.3) is 0 Å². The van der Waals surface area contributed by atoms with Crippen molar-refractivity contribution in [1.82, 2.24) is 15.1 Å². The predicted octanol–water partition coefficient (Wildman–Crippen LogP) is 3.75. The first-order chi connectivity index (χ1) is 11.6. The fourth-order valence-corrected chi connectivity index (χ4v) is 3.85. The number of hydrogen-bond donors (Lipinski definition) is 1. The van der Waals surface area contributed by atoms with Gasteiger partial charge < -0.3 is 10.2 Å². The van der Waals surface area contributed by atoms with Gasteiger partial charge in [-0.25, -0.2) is 4.79 Å². The standard InChI is InChI=1S/C19H28ClN3O/c1-15-3-2-10-23(13-15)19(24)21-18-8-11-22(12-9-18)14-16-4-6-17(20)7-5-16/h4-7,15,18H,2-3,8-14H2,1H3,(H,21,24). The largest absolute Gasteiger partial charge is 0.335 e. The smallest absolute Gasteiger partial charge is 0.317 e. The van der Waals surface area contributed by atoms with Crippen LogP contribution in [0.4, 0.5) is 4.79 Å². The quantitative estimate of drug-likeness (QED) is 0.902. The van der Waals surface area contributed by atoms with Crippen LogP contribution in [0.2, 0.25) is 5.02 Å². The summed E-state index contributed by atoms with van der Waals surface area (Å²) in [4.78, 5) is 16.9. The van der Waals surface area contributed by atoms with E-state index in [4.69, 9.17) is 11.6 Å². The third kappa shape index (κ3) is 4.87. The third-order valence-electron chi connectivity index (χ3n) is 5.18. The van der Waals surface area contributed by atoms with Crippen molar-refractivity contribution in [3.8, 4) is 0 Å². The topological polar surface area (TPSA) is 35.6 Å². The summed E-state index contributed by atoms with van der Waals surface area (Å²) in [7, 11) is 0. The Morgan fingerprint density at radius 1 is 1.17 bits per heavy atom. The lowest BCUT2D eigenvalue weighted by Gasteiger charge is -2.35. The van der Waals surface area contributed by atoms with Gasteiger partial charge in [-0.05, 0) is 49.3 Å². The van der Waals surface area contributed by atoms with E-state index in [0.29, 0.717) is 12.0 Å². The highest BCUT2D eigenvalue weighted by atomic mass is 35.5. The van der Waals surface area contributed by atoms with Gasteiger partial charge in [0.2, 0.25) is 0 Å². The number of carbonyl (C=O) groups is 1. The zero-order valence-electron chi connectivity index (χ0n) is 14.5. The minimum absolute atomic E-state index is 0.137. The molecule has 2 amide bonds. The number of carbonyl (C=O) groups excluding carboxylic acids is 1. The Labute approximate surface area is 150 Å². The molecular weight excluding hydrogens is 322 g/mol. The third-order valence-corrected chi connectivity index (χ3v) is 5.43. The molecule has 0 bridgehead atoms. The maximum absolute atomic E-state index is 12.4. The SMILES string of the molecule is CC1CCCN(C(=O)NC2CCN(Cc3ccc(Cl)cc3)CC2)C1. The van der Waals surface area contributed by atoms with E-state index in [9.17, 15) is 4.79 Å².